The van der Waals surface area contributed by atoms with Gasteiger partial charge in [0.1, 0.15) is 0 Å². The molecule has 4 heteroatoms. The van der Waals surface area contributed by atoms with Gasteiger partial charge in [0, 0.05) is 5.92 Å². The first-order chi connectivity index (χ1) is 16.1. The summed E-state index contributed by atoms with van der Waals surface area (Å²) in [7, 11) is 1.50. The van der Waals surface area contributed by atoms with E-state index in [1.807, 2.05) is 0 Å². The standard InChI is InChI=1S/C31H48O4/c1-26(2)22-9-12-31(7)24(29(22,5)11-10-23(26)33)21(32)17-19-20-18-28(4,25(34)35-8)14-13-27(20,3)15-16-30(19,31)6/h17,20,22-24,33H,9-16,18H2,1-8H3/t20-,22?,23+,24?,27-,28+,29+,30-,31-/m1/s1. The summed E-state index contributed by atoms with van der Waals surface area (Å²) in [5.41, 5.74) is 0.590. The van der Waals surface area contributed by atoms with Crippen LogP contribution in [0, 0.1) is 50.2 Å². The molecule has 0 heterocycles. The summed E-state index contributed by atoms with van der Waals surface area (Å²) in [6.07, 6.45) is 10.5. The molecule has 4 fully saturated rings. The van der Waals surface area contributed by atoms with Gasteiger partial charge in [-0.25, -0.2) is 0 Å². The molecule has 0 saturated heterocycles. The summed E-state index contributed by atoms with van der Waals surface area (Å²) in [4.78, 5) is 27.1. The molecule has 35 heavy (non-hydrogen) atoms. The van der Waals surface area contributed by atoms with Gasteiger partial charge >= 0.3 is 5.97 Å². The Bertz CT molecular complexity index is 980. The zero-order chi connectivity index (χ0) is 25.8. The zero-order valence-electron chi connectivity index (χ0n) is 23.4. The molecule has 9 atom stereocenters. The summed E-state index contributed by atoms with van der Waals surface area (Å²) in [6, 6.07) is 0. The number of carbonyl (C=O) groups excluding carboxylic acids is 2. The van der Waals surface area contributed by atoms with Crippen molar-refractivity contribution in [3.05, 3.63) is 11.6 Å². The third-order valence-electron chi connectivity index (χ3n) is 13.2. The predicted molar refractivity (Wildman–Crippen MR) is 137 cm³/mol. The van der Waals surface area contributed by atoms with E-state index in [-0.39, 0.29) is 51.0 Å². The molecule has 0 aromatic heterocycles. The highest BCUT2D eigenvalue weighted by Gasteiger charge is 2.70. The number of allylic oxidation sites excluding steroid dienone is 2. The van der Waals surface area contributed by atoms with E-state index in [1.54, 1.807) is 0 Å². The second kappa shape index (κ2) is 7.45. The molecule has 0 aromatic carbocycles. The second-order valence-corrected chi connectivity index (χ2v) is 15.1. The zero-order valence-corrected chi connectivity index (χ0v) is 23.4. The van der Waals surface area contributed by atoms with Crippen LogP contribution in [-0.4, -0.2) is 30.1 Å². The first kappa shape index (κ1) is 25.5. The third-order valence-corrected chi connectivity index (χ3v) is 13.2. The number of methoxy groups -OCH3 is 1. The summed E-state index contributed by atoms with van der Waals surface area (Å²) < 4.78 is 5.25. The number of rotatable bonds is 1. The van der Waals surface area contributed by atoms with Crippen LogP contribution in [-0.2, 0) is 14.3 Å². The number of ether oxygens (including phenoxy) is 1. The van der Waals surface area contributed by atoms with Crippen molar-refractivity contribution >= 4 is 11.8 Å². The van der Waals surface area contributed by atoms with Crippen LogP contribution in [0.5, 0.6) is 0 Å². The van der Waals surface area contributed by atoms with Crippen LogP contribution in [0.3, 0.4) is 0 Å². The van der Waals surface area contributed by atoms with Gasteiger partial charge in [0.25, 0.3) is 0 Å². The normalized spacial score (nSPS) is 52.8. The highest BCUT2D eigenvalue weighted by Crippen LogP contribution is 2.75. The van der Waals surface area contributed by atoms with Gasteiger partial charge in [-0.2, -0.15) is 0 Å². The number of carbonyl (C=O) groups is 2. The molecule has 1 N–H and O–H groups in total. The van der Waals surface area contributed by atoms with E-state index < -0.39 is 5.41 Å². The van der Waals surface area contributed by atoms with Crippen molar-refractivity contribution in [2.45, 2.75) is 112 Å². The van der Waals surface area contributed by atoms with Gasteiger partial charge in [0.05, 0.1) is 18.6 Å². The lowest BCUT2D eigenvalue weighted by Crippen LogP contribution is -2.66. The van der Waals surface area contributed by atoms with Crippen molar-refractivity contribution in [2.24, 2.45) is 50.2 Å². The summed E-state index contributed by atoms with van der Waals surface area (Å²) in [5.74, 6) is 0.805. The minimum absolute atomic E-state index is 0.00536. The van der Waals surface area contributed by atoms with E-state index in [1.165, 1.54) is 12.7 Å². The van der Waals surface area contributed by atoms with Gasteiger partial charge in [-0.05, 0) is 110 Å². The molecule has 0 amide bonds. The molecule has 4 nitrogen and oxygen atoms in total. The molecular formula is C31H48O4. The fourth-order valence-corrected chi connectivity index (χ4v) is 10.6. The van der Waals surface area contributed by atoms with Crippen LogP contribution in [0.25, 0.3) is 0 Å². The van der Waals surface area contributed by atoms with Crippen LogP contribution in [0.15, 0.2) is 11.6 Å². The van der Waals surface area contributed by atoms with Gasteiger partial charge < -0.3 is 9.84 Å². The average Bonchev–Trinajstić information content (AvgIpc) is 2.78. The molecule has 5 aliphatic rings. The Hall–Kier alpha value is -1.16. The maximum absolute atomic E-state index is 14.3. The number of aliphatic hydroxyl groups is 1. The largest absolute Gasteiger partial charge is 0.469 e. The van der Waals surface area contributed by atoms with Crippen LogP contribution in [0.2, 0.25) is 0 Å². The SMILES string of the molecule is COC(=O)[C@@]1(C)CC[C@]2(C)CC[C@]3(C)C(=CC(=O)C4[C@@]5(C)CC[C@H](O)C(C)(C)C5CC[C@]43C)[C@H]2C1. The van der Waals surface area contributed by atoms with E-state index in [0.29, 0.717) is 11.7 Å². The van der Waals surface area contributed by atoms with E-state index in [9.17, 15) is 14.7 Å². The maximum Gasteiger partial charge on any atom is 0.311 e. The summed E-state index contributed by atoms with van der Waals surface area (Å²) in [6.45, 7) is 16.2. The Kier molecular flexibility index (Phi) is 5.43. The van der Waals surface area contributed by atoms with Gasteiger partial charge in [-0.1, -0.05) is 47.1 Å². The molecule has 5 aliphatic carbocycles. The fraction of sp³-hybridized carbons (Fsp3) is 0.871. The van der Waals surface area contributed by atoms with Crippen molar-refractivity contribution in [3.8, 4) is 0 Å². The molecule has 0 bridgehead atoms. The molecule has 5 rings (SSSR count). The van der Waals surface area contributed by atoms with Crippen molar-refractivity contribution in [2.75, 3.05) is 7.11 Å². The van der Waals surface area contributed by atoms with Crippen LogP contribution >= 0.6 is 0 Å². The second-order valence-electron chi connectivity index (χ2n) is 15.1. The van der Waals surface area contributed by atoms with Crippen molar-refractivity contribution < 1.29 is 19.4 Å². The molecule has 0 spiro atoms. The molecule has 2 unspecified atom stereocenters. The predicted octanol–water partition coefficient (Wildman–Crippen LogP) is 6.50. The Morgan fingerprint density at radius 2 is 1.60 bits per heavy atom. The Morgan fingerprint density at radius 3 is 2.26 bits per heavy atom. The highest BCUT2D eigenvalue weighted by atomic mass is 16.5. The first-order valence-corrected chi connectivity index (χ1v) is 14.1. The number of esters is 1. The monoisotopic (exact) mass is 484 g/mol. The lowest BCUT2D eigenvalue weighted by atomic mass is 9.33. The first-order valence-electron chi connectivity index (χ1n) is 14.1. The molecule has 0 aromatic rings. The van der Waals surface area contributed by atoms with E-state index in [0.717, 1.165) is 57.8 Å². The number of fused-ring (bicyclic) bond motifs is 7. The quantitative estimate of drug-likeness (QED) is 0.431. The topological polar surface area (TPSA) is 63.6 Å². The minimum atomic E-state index is -0.480. The number of aliphatic hydroxyl groups excluding tert-OH is 1. The van der Waals surface area contributed by atoms with Crippen molar-refractivity contribution in [1.29, 1.82) is 0 Å². The summed E-state index contributed by atoms with van der Waals surface area (Å²) in [5, 5.41) is 10.9. The summed E-state index contributed by atoms with van der Waals surface area (Å²) >= 11 is 0. The third kappa shape index (κ3) is 3.07. The number of hydrogen-bond donors (Lipinski definition) is 1. The lowest BCUT2D eigenvalue weighted by Gasteiger charge is -2.70. The van der Waals surface area contributed by atoms with Crippen LogP contribution < -0.4 is 0 Å². The van der Waals surface area contributed by atoms with Gasteiger partial charge in [0.15, 0.2) is 5.78 Å². The molecule has 196 valence electrons. The molecule has 4 saturated carbocycles. The van der Waals surface area contributed by atoms with Gasteiger partial charge in [0.2, 0.25) is 0 Å². The van der Waals surface area contributed by atoms with E-state index in [2.05, 4.69) is 54.5 Å². The number of hydrogen-bond acceptors (Lipinski definition) is 4. The van der Waals surface area contributed by atoms with Crippen molar-refractivity contribution in [1.82, 2.24) is 0 Å². The lowest BCUT2D eigenvalue weighted by molar-refractivity contribution is -0.202. The van der Waals surface area contributed by atoms with Gasteiger partial charge in [-0.15, -0.1) is 0 Å². The number of ketones is 1. The Morgan fingerprint density at radius 1 is 0.943 bits per heavy atom. The van der Waals surface area contributed by atoms with Crippen LogP contribution in [0.1, 0.15) is 106 Å². The maximum atomic E-state index is 14.3. The van der Waals surface area contributed by atoms with Crippen LogP contribution in [0.4, 0.5) is 0 Å². The Labute approximate surface area is 212 Å². The molecular weight excluding hydrogens is 436 g/mol. The van der Waals surface area contributed by atoms with Crippen molar-refractivity contribution in [3.63, 3.8) is 0 Å². The average molecular weight is 485 g/mol. The Balaban J connectivity index is 1.61. The smallest absolute Gasteiger partial charge is 0.311 e. The molecule has 0 radical (unpaired) electrons. The fourth-order valence-electron chi connectivity index (χ4n) is 10.6. The van der Waals surface area contributed by atoms with E-state index in [4.69, 9.17) is 4.74 Å². The minimum Gasteiger partial charge on any atom is -0.469 e. The molecule has 0 aliphatic heterocycles. The van der Waals surface area contributed by atoms with Gasteiger partial charge in [-0.3, -0.25) is 9.59 Å². The van der Waals surface area contributed by atoms with E-state index >= 15 is 0 Å². The highest BCUT2D eigenvalue weighted by molar-refractivity contribution is 5.95.